The minimum atomic E-state index is -0.287. The molecule has 0 bridgehead atoms. The van der Waals surface area contributed by atoms with E-state index in [1.165, 1.54) is 6.20 Å². The van der Waals surface area contributed by atoms with E-state index in [-0.39, 0.29) is 17.1 Å². The monoisotopic (exact) mass is 379 g/mol. The van der Waals surface area contributed by atoms with Crippen LogP contribution < -0.4 is 10.9 Å². The minimum Gasteiger partial charge on any atom is -0.349 e. The van der Waals surface area contributed by atoms with Crippen molar-refractivity contribution in [2.45, 2.75) is 39.3 Å². The minimum absolute atomic E-state index is 0.170. The van der Waals surface area contributed by atoms with Crippen molar-refractivity contribution in [3.05, 3.63) is 50.4 Å². The molecule has 0 saturated heterocycles. The van der Waals surface area contributed by atoms with Crippen LogP contribution in [0.25, 0.3) is 11.0 Å². The van der Waals surface area contributed by atoms with Crippen molar-refractivity contribution in [1.29, 1.82) is 0 Å². The van der Waals surface area contributed by atoms with Gasteiger partial charge in [-0.3, -0.25) is 9.78 Å². The first-order valence-electron chi connectivity index (χ1n) is 7.87. The van der Waals surface area contributed by atoms with Crippen LogP contribution in [-0.2, 0) is 5.54 Å². The maximum Gasteiger partial charge on any atom is 0.263 e. The molecule has 6 nitrogen and oxygen atoms in total. The highest BCUT2D eigenvalue weighted by atomic mass is 35.5. The molecule has 1 aromatic carbocycles. The molecule has 0 aliphatic rings. The summed E-state index contributed by atoms with van der Waals surface area (Å²) in [4.78, 5) is 19.6. The molecule has 0 aliphatic heterocycles. The van der Waals surface area contributed by atoms with E-state index in [0.717, 1.165) is 5.56 Å². The van der Waals surface area contributed by atoms with Gasteiger partial charge in [0.2, 0.25) is 5.95 Å². The Kier molecular flexibility index (Phi) is 4.51. The maximum atomic E-state index is 12.3. The topological polar surface area (TPSA) is 75.6 Å². The summed E-state index contributed by atoms with van der Waals surface area (Å²) >= 11 is 12.2. The second-order valence-electron chi connectivity index (χ2n) is 6.91. The van der Waals surface area contributed by atoms with Crippen molar-refractivity contribution in [3.8, 4) is 0 Å². The van der Waals surface area contributed by atoms with Gasteiger partial charge in [-0.2, -0.15) is 10.1 Å². The largest absolute Gasteiger partial charge is 0.349 e. The highest BCUT2D eigenvalue weighted by molar-refractivity contribution is 6.35. The smallest absolute Gasteiger partial charge is 0.263 e. The molecule has 0 amide bonds. The van der Waals surface area contributed by atoms with Crippen LogP contribution in [0.2, 0.25) is 10.0 Å². The Morgan fingerprint density at radius 1 is 1.28 bits per heavy atom. The zero-order valence-electron chi connectivity index (χ0n) is 14.4. The third-order valence-corrected chi connectivity index (χ3v) is 4.42. The highest BCUT2D eigenvalue weighted by Crippen LogP contribution is 2.28. The predicted molar refractivity (Wildman–Crippen MR) is 102 cm³/mol. The second kappa shape index (κ2) is 6.35. The number of halogens is 2. The first-order chi connectivity index (χ1) is 11.7. The van der Waals surface area contributed by atoms with Crippen LogP contribution in [0.1, 0.15) is 39.3 Å². The molecule has 0 radical (unpaired) electrons. The van der Waals surface area contributed by atoms with Gasteiger partial charge in [0.25, 0.3) is 5.56 Å². The highest BCUT2D eigenvalue weighted by Gasteiger charge is 2.20. The third kappa shape index (κ3) is 3.50. The third-order valence-electron chi connectivity index (χ3n) is 3.86. The Bertz CT molecular complexity index is 987. The number of aromatic nitrogens is 4. The Morgan fingerprint density at radius 2 is 2.00 bits per heavy atom. The fourth-order valence-corrected chi connectivity index (χ4v) is 3.19. The van der Waals surface area contributed by atoms with E-state index in [0.29, 0.717) is 27.0 Å². The van der Waals surface area contributed by atoms with Gasteiger partial charge in [-0.15, -0.1) is 0 Å². The van der Waals surface area contributed by atoms with E-state index in [1.807, 2.05) is 33.8 Å². The number of anilines is 1. The van der Waals surface area contributed by atoms with Crippen molar-refractivity contribution in [3.63, 3.8) is 0 Å². The number of benzene rings is 1. The first-order valence-corrected chi connectivity index (χ1v) is 8.62. The molecule has 0 aliphatic carbocycles. The lowest BCUT2D eigenvalue weighted by Gasteiger charge is -2.20. The summed E-state index contributed by atoms with van der Waals surface area (Å²) < 4.78 is 1.74. The summed E-state index contributed by atoms with van der Waals surface area (Å²) in [6, 6.07) is 5.13. The van der Waals surface area contributed by atoms with Gasteiger partial charge in [0.05, 0.1) is 17.8 Å². The van der Waals surface area contributed by atoms with Crippen LogP contribution in [0.4, 0.5) is 5.95 Å². The number of rotatable bonds is 3. The van der Waals surface area contributed by atoms with Gasteiger partial charge in [0.15, 0.2) is 5.65 Å². The van der Waals surface area contributed by atoms with Gasteiger partial charge >= 0.3 is 0 Å². The second-order valence-corrected chi connectivity index (χ2v) is 7.75. The van der Waals surface area contributed by atoms with E-state index >= 15 is 0 Å². The molecule has 2 N–H and O–H groups in total. The molecule has 132 valence electrons. The molecule has 0 unspecified atom stereocenters. The van der Waals surface area contributed by atoms with Crippen molar-refractivity contribution in [1.82, 2.24) is 19.7 Å². The summed E-state index contributed by atoms with van der Waals surface area (Å²) in [6.45, 7) is 7.95. The molecule has 0 fully saturated rings. The van der Waals surface area contributed by atoms with Crippen molar-refractivity contribution >= 4 is 40.2 Å². The molecular weight excluding hydrogens is 361 g/mol. The zero-order valence-corrected chi connectivity index (χ0v) is 15.9. The van der Waals surface area contributed by atoms with E-state index in [2.05, 4.69) is 20.4 Å². The van der Waals surface area contributed by atoms with Crippen molar-refractivity contribution < 1.29 is 0 Å². The fraction of sp³-hybridized carbons (Fsp3) is 0.353. The SMILES string of the molecule is C[C@H](Nc1nc2c(cnn2C(C)(C)C)c(=O)[nH]1)c1ccc(Cl)cc1Cl. The van der Waals surface area contributed by atoms with Crippen molar-refractivity contribution in [2.75, 3.05) is 5.32 Å². The van der Waals surface area contributed by atoms with Crippen LogP contribution in [0.15, 0.2) is 29.2 Å². The molecule has 1 atom stereocenters. The number of nitrogens with zero attached hydrogens (tertiary/aromatic N) is 3. The van der Waals surface area contributed by atoms with Gasteiger partial charge in [0.1, 0.15) is 5.39 Å². The van der Waals surface area contributed by atoms with Crippen LogP contribution in [0.5, 0.6) is 0 Å². The summed E-state index contributed by atoms with van der Waals surface area (Å²) in [6.07, 6.45) is 1.54. The predicted octanol–water partition coefficient (Wildman–Crippen LogP) is 4.35. The summed E-state index contributed by atoms with van der Waals surface area (Å²) in [5.74, 6) is 0.363. The number of H-pyrrole nitrogens is 1. The van der Waals surface area contributed by atoms with Crippen LogP contribution >= 0.6 is 23.2 Å². The van der Waals surface area contributed by atoms with Gasteiger partial charge < -0.3 is 5.32 Å². The number of nitrogens with one attached hydrogen (secondary N) is 2. The summed E-state index contributed by atoms with van der Waals surface area (Å²) in [5, 5.41) is 9.06. The van der Waals surface area contributed by atoms with Crippen LogP contribution in [0, 0.1) is 0 Å². The number of hydrogen-bond acceptors (Lipinski definition) is 4. The molecular formula is C17H19Cl2N5O. The quantitative estimate of drug-likeness (QED) is 0.708. The Morgan fingerprint density at radius 3 is 2.64 bits per heavy atom. The Balaban J connectivity index is 2.00. The zero-order chi connectivity index (χ0) is 18.4. The Hall–Kier alpha value is -2.05. The lowest BCUT2D eigenvalue weighted by atomic mass is 10.1. The fourth-order valence-electron chi connectivity index (χ4n) is 2.61. The van der Waals surface area contributed by atoms with Crippen LogP contribution in [0.3, 0.4) is 0 Å². The van der Waals surface area contributed by atoms with Gasteiger partial charge in [0, 0.05) is 10.0 Å². The first kappa shape index (κ1) is 17.8. The van der Waals surface area contributed by atoms with E-state index in [9.17, 15) is 4.79 Å². The number of hydrogen-bond donors (Lipinski definition) is 2. The summed E-state index contributed by atoms with van der Waals surface area (Å²) in [7, 11) is 0. The molecule has 2 aromatic heterocycles. The molecule has 25 heavy (non-hydrogen) atoms. The van der Waals surface area contributed by atoms with E-state index < -0.39 is 0 Å². The average molecular weight is 380 g/mol. The standard InChI is InChI=1S/C17H19Cl2N5O/c1-9(11-6-5-10(18)7-13(11)19)21-16-22-14-12(15(25)23-16)8-20-24(14)17(2,3)4/h5-9H,1-4H3,(H2,21,22,23,25)/t9-/m0/s1. The molecule has 3 aromatic rings. The van der Waals surface area contributed by atoms with Gasteiger partial charge in [-0.1, -0.05) is 29.3 Å². The maximum absolute atomic E-state index is 12.3. The Labute approximate surface area is 155 Å². The van der Waals surface area contributed by atoms with Crippen molar-refractivity contribution in [2.24, 2.45) is 0 Å². The lowest BCUT2D eigenvalue weighted by molar-refractivity contribution is 0.366. The molecule has 0 spiro atoms. The normalized spacial score (nSPS) is 13.2. The van der Waals surface area contributed by atoms with E-state index in [4.69, 9.17) is 23.2 Å². The molecule has 3 rings (SSSR count). The molecule has 2 heterocycles. The van der Waals surface area contributed by atoms with E-state index in [1.54, 1.807) is 16.8 Å². The molecule has 0 saturated carbocycles. The number of aromatic amines is 1. The average Bonchev–Trinajstić information content (AvgIpc) is 2.91. The van der Waals surface area contributed by atoms with Gasteiger partial charge in [-0.25, -0.2) is 4.68 Å². The molecule has 8 heteroatoms. The summed E-state index contributed by atoms with van der Waals surface area (Å²) in [5.41, 5.74) is 0.869. The lowest BCUT2D eigenvalue weighted by Crippen LogP contribution is -2.24. The van der Waals surface area contributed by atoms with Gasteiger partial charge in [-0.05, 0) is 45.4 Å². The number of fused-ring (bicyclic) bond motifs is 1. The van der Waals surface area contributed by atoms with Crippen LogP contribution in [-0.4, -0.2) is 19.7 Å².